The summed E-state index contributed by atoms with van der Waals surface area (Å²) in [6.07, 6.45) is 3.10. The summed E-state index contributed by atoms with van der Waals surface area (Å²) in [6.45, 7) is 8.45. The van der Waals surface area contributed by atoms with Gasteiger partial charge in [-0.05, 0) is 51.3 Å². The Morgan fingerprint density at radius 3 is 2.48 bits per heavy atom. The highest BCUT2D eigenvalue weighted by molar-refractivity contribution is 7.92. The number of hydrogen-bond donors (Lipinski definition) is 0. The van der Waals surface area contributed by atoms with Gasteiger partial charge in [-0.1, -0.05) is 18.6 Å². The summed E-state index contributed by atoms with van der Waals surface area (Å²) < 4.78 is 28.8. The summed E-state index contributed by atoms with van der Waals surface area (Å²) in [5, 5.41) is 0. The van der Waals surface area contributed by atoms with Crippen molar-refractivity contribution in [1.29, 1.82) is 0 Å². The molecule has 0 saturated carbocycles. The van der Waals surface area contributed by atoms with Crippen LogP contribution in [-0.4, -0.2) is 51.0 Å². The van der Waals surface area contributed by atoms with Crippen LogP contribution in [0, 0.1) is 0 Å². The van der Waals surface area contributed by atoms with Crippen molar-refractivity contribution in [2.45, 2.75) is 57.6 Å². The van der Waals surface area contributed by atoms with Crippen LogP contribution in [0.1, 0.15) is 52.0 Å². The molecule has 0 aliphatic carbocycles. The third-order valence-corrected chi connectivity index (χ3v) is 7.68. The van der Waals surface area contributed by atoms with Gasteiger partial charge in [-0.15, -0.1) is 0 Å². The van der Waals surface area contributed by atoms with Gasteiger partial charge in [0.25, 0.3) is 0 Å². The number of anilines is 1. The van der Waals surface area contributed by atoms with Crippen LogP contribution in [-0.2, 0) is 25.8 Å². The molecule has 0 amide bonds. The zero-order valence-corrected chi connectivity index (χ0v) is 17.7. The van der Waals surface area contributed by atoms with E-state index < -0.39 is 14.6 Å². The van der Waals surface area contributed by atoms with Crippen LogP contribution < -0.4 is 4.90 Å². The molecule has 1 aliphatic rings. The monoisotopic (exact) mass is 395 g/mol. The maximum Gasteiger partial charge on any atom is 0.155 e. The van der Waals surface area contributed by atoms with Gasteiger partial charge in [0.15, 0.2) is 9.84 Å². The van der Waals surface area contributed by atoms with Crippen LogP contribution >= 0.6 is 0 Å². The van der Waals surface area contributed by atoms with E-state index in [1.165, 1.54) is 0 Å². The second-order valence-corrected chi connectivity index (χ2v) is 11.1. The third kappa shape index (κ3) is 6.92. The molecule has 2 rings (SSSR count). The Kier molecular flexibility index (Phi) is 7.86. The number of benzene rings is 1. The van der Waals surface area contributed by atoms with Crippen molar-refractivity contribution in [2.24, 2.45) is 0 Å². The Morgan fingerprint density at radius 2 is 1.81 bits per heavy atom. The van der Waals surface area contributed by atoms with Crippen LogP contribution in [0.25, 0.3) is 0 Å². The lowest BCUT2D eigenvalue weighted by Crippen LogP contribution is -2.36. The molecule has 0 unspecified atom stereocenters. The first-order chi connectivity index (χ1) is 12.7. The first kappa shape index (κ1) is 21.9. The topological polar surface area (TPSA) is 63.7 Å². The van der Waals surface area contributed by atoms with Gasteiger partial charge in [-0.2, -0.15) is 0 Å². The fraction of sp³-hybridized carbons (Fsp3) is 0.667. The average molecular weight is 396 g/mol. The van der Waals surface area contributed by atoms with E-state index in [4.69, 9.17) is 4.74 Å². The highest BCUT2D eigenvalue weighted by Gasteiger charge is 2.27. The maximum atomic E-state index is 12.3. The molecule has 0 bridgehead atoms. The third-order valence-electron chi connectivity index (χ3n) is 4.99. The number of ether oxygens (including phenoxy) is 1. The Bertz CT molecular complexity index is 716. The van der Waals surface area contributed by atoms with Crippen LogP contribution in [0.4, 0.5) is 5.69 Å². The van der Waals surface area contributed by atoms with E-state index >= 15 is 0 Å². The zero-order valence-electron chi connectivity index (χ0n) is 16.9. The van der Waals surface area contributed by atoms with E-state index in [1.807, 2.05) is 12.1 Å². The number of hydrogen-bond acceptors (Lipinski definition) is 5. The number of Topliss-reactive ketones (excluding diaryl/α,β-unsaturated/α-hetero) is 1. The van der Waals surface area contributed by atoms with Crippen LogP contribution in [0.15, 0.2) is 24.3 Å². The molecule has 152 valence electrons. The lowest BCUT2D eigenvalue weighted by Gasteiger charge is -2.29. The average Bonchev–Trinajstić information content (AvgIpc) is 2.61. The van der Waals surface area contributed by atoms with E-state index in [2.05, 4.69) is 17.0 Å². The molecule has 1 fully saturated rings. The fourth-order valence-corrected chi connectivity index (χ4v) is 4.29. The molecule has 0 N–H and O–H groups in total. The summed E-state index contributed by atoms with van der Waals surface area (Å²) in [6, 6.07) is 8.18. The van der Waals surface area contributed by atoms with E-state index in [-0.39, 0.29) is 11.5 Å². The van der Waals surface area contributed by atoms with Gasteiger partial charge in [0.1, 0.15) is 5.78 Å². The summed E-state index contributed by atoms with van der Waals surface area (Å²) >= 11 is 0. The van der Waals surface area contributed by atoms with Crippen molar-refractivity contribution in [3.63, 3.8) is 0 Å². The Morgan fingerprint density at radius 1 is 1.11 bits per heavy atom. The van der Waals surface area contributed by atoms with Gasteiger partial charge in [0.2, 0.25) is 0 Å². The number of sulfone groups is 1. The van der Waals surface area contributed by atoms with Crippen LogP contribution in [0.5, 0.6) is 0 Å². The number of nitrogens with zero attached hydrogens (tertiary/aromatic N) is 1. The van der Waals surface area contributed by atoms with E-state index in [0.717, 1.165) is 50.4 Å². The molecule has 1 heterocycles. The number of morpholine rings is 1. The number of unbranched alkanes of at least 4 members (excludes halogenated alkanes) is 2. The molecule has 5 nitrogen and oxygen atoms in total. The second-order valence-electron chi connectivity index (χ2n) is 8.23. The zero-order chi connectivity index (χ0) is 19.9. The quantitative estimate of drug-likeness (QED) is 0.600. The van der Waals surface area contributed by atoms with Gasteiger partial charge >= 0.3 is 0 Å². The molecule has 0 radical (unpaired) electrons. The largest absolute Gasteiger partial charge is 0.378 e. The number of rotatable bonds is 9. The van der Waals surface area contributed by atoms with Crippen LogP contribution in [0.3, 0.4) is 0 Å². The summed E-state index contributed by atoms with van der Waals surface area (Å²) in [4.78, 5) is 14.6. The summed E-state index contributed by atoms with van der Waals surface area (Å²) in [5.41, 5.74) is 2.19. The molecule has 6 heteroatoms. The predicted molar refractivity (Wildman–Crippen MR) is 110 cm³/mol. The van der Waals surface area contributed by atoms with Gasteiger partial charge in [-0.25, -0.2) is 8.42 Å². The Labute approximate surface area is 164 Å². The van der Waals surface area contributed by atoms with Gasteiger partial charge in [0.05, 0.1) is 23.7 Å². The first-order valence-corrected chi connectivity index (χ1v) is 11.5. The molecule has 27 heavy (non-hydrogen) atoms. The number of ketones is 1. The van der Waals surface area contributed by atoms with Crippen molar-refractivity contribution in [3.05, 3.63) is 29.8 Å². The predicted octanol–water partition coefficient (Wildman–Crippen LogP) is 3.41. The van der Waals surface area contributed by atoms with Crippen LogP contribution in [0.2, 0.25) is 0 Å². The molecular weight excluding hydrogens is 362 g/mol. The smallest absolute Gasteiger partial charge is 0.155 e. The lowest BCUT2D eigenvalue weighted by atomic mass is 10.0. The highest BCUT2D eigenvalue weighted by atomic mass is 32.2. The van der Waals surface area contributed by atoms with Crippen molar-refractivity contribution in [2.75, 3.05) is 37.0 Å². The van der Waals surface area contributed by atoms with E-state index in [0.29, 0.717) is 19.3 Å². The molecule has 1 aliphatic heterocycles. The van der Waals surface area contributed by atoms with Gasteiger partial charge in [0, 0.05) is 31.6 Å². The summed E-state index contributed by atoms with van der Waals surface area (Å²) in [5.74, 6) is 0.416. The van der Waals surface area contributed by atoms with Gasteiger partial charge in [-0.3, -0.25) is 4.79 Å². The lowest BCUT2D eigenvalue weighted by molar-refractivity contribution is -0.118. The SMILES string of the molecule is CC(C)(C)S(=O)(=O)CCCCCC(=O)Cc1cccc(N2CCOCC2)c1. The molecule has 1 saturated heterocycles. The maximum absolute atomic E-state index is 12.3. The number of carbonyl (C=O) groups is 1. The molecule has 0 spiro atoms. The normalized spacial score (nSPS) is 15.7. The molecule has 0 atom stereocenters. The fourth-order valence-electron chi connectivity index (χ4n) is 3.10. The number of carbonyl (C=O) groups excluding carboxylic acids is 1. The summed E-state index contributed by atoms with van der Waals surface area (Å²) in [7, 11) is -3.06. The first-order valence-electron chi connectivity index (χ1n) is 9.85. The second kappa shape index (κ2) is 9.69. The minimum Gasteiger partial charge on any atom is -0.378 e. The van der Waals surface area contributed by atoms with E-state index in [9.17, 15) is 13.2 Å². The standard InChI is InChI=1S/C21H33NO4S/c1-21(2,3)27(24,25)15-6-4-5-10-20(23)17-18-8-7-9-19(16-18)22-11-13-26-14-12-22/h7-9,16H,4-6,10-15,17H2,1-3H3. The Balaban J connectivity index is 1.73. The Hall–Kier alpha value is -1.40. The molecular formula is C21H33NO4S. The molecule has 1 aromatic carbocycles. The van der Waals surface area contributed by atoms with E-state index in [1.54, 1.807) is 20.8 Å². The van der Waals surface area contributed by atoms with Crippen molar-refractivity contribution >= 4 is 21.3 Å². The minimum atomic E-state index is -3.06. The minimum absolute atomic E-state index is 0.201. The van der Waals surface area contributed by atoms with Crippen molar-refractivity contribution < 1.29 is 17.9 Å². The van der Waals surface area contributed by atoms with Crippen molar-refractivity contribution in [1.82, 2.24) is 0 Å². The molecule has 1 aromatic rings. The van der Waals surface area contributed by atoms with Crippen molar-refractivity contribution in [3.8, 4) is 0 Å². The highest BCUT2D eigenvalue weighted by Crippen LogP contribution is 2.20. The van der Waals surface area contributed by atoms with Gasteiger partial charge < -0.3 is 9.64 Å². The molecule has 0 aromatic heterocycles.